The first-order chi connectivity index (χ1) is 11.0. The van der Waals surface area contributed by atoms with Gasteiger partial charge in [-0.2, -0.15) is 0 Å². The van der Waals surface area contributed by atoms with Gasteiger partial charge in [-0.05, 0) is 19.1 Å². The topological polar surface area (TPSA) is 83.3 Å². The fraction of sp³-hybridized carbons (Fsp3) is 0.111. The number of fused-ring (bicyclic) bond motifs is 5. The fourth-order valence-electron chi connectivity index (χ4n) is 2.83. The lowest BCUT2D eigenvalue weighted by atomic mass is 9.90. The maximum absolute atomic E-state index is 12.3. The lowest BCUT2D eigenvalue weighted by Gasteiger charge is -2.13. The summed E-state index contributed by atoms with van der Waals surface area (Å²) in [4.78, 5) is 26.5. The molecule has 2 aromatic heterocycles. The summed E-state index contributed by atoms with van der Waals surface area (Å²) in [7, 11) is 0. The van der Waals surface area contributed by atoms with E-state index in [1.165, 1.54) is 0 Å². The minimum absolute atomic E-state index is 0.195. The van der Waals surface area contributed by atoms with E-state index >= 15 is 0 Å². The summed E-state index contributed by atoms with van der Waals surface area (Å²) < 4.78 is 5.91. The van der Waals surface area contributed by atoms with Gasteiger partial charge in [-0.25, -0.2) is 0 Å². The minimum Gasteiger partial charge on any atom is -0.480 e. The number of benzene rings is 1. The molecule has 1 atom stereocenters. The Morgan fingerprint density at radius 2 is 1.87 bits per heavy atom. The third-order valence-corrected chi connectivity index (χ3v) is 4.27. The van der Waals surface area contributed by atoms with Gasteiger partial charge in [-0.3, -0.25) is 9.59 Å². The molecule has 2 N–H and O–H groups in total. The lowest BCUT2D eigenvalue weighted by molar-refractivity contribution is -0.142. The number of hydrogen-bond acceptors (Lipinski definition) is 3. The second-order valence-corrected chi connectivity index (χ2v) is 5.84. The Morgan fingerprint density at radius 3 is 2.61 bits per heavy atom. The summed E-state index contributed by atoms with van der Waals surface area (Å²) in [6.45, 7) is 1.61. The van der Waals surface area contributed by atoms with E-state index in [1.54, 1.807) is 43.4 Å². The highest BCUT2D eigenvalue weighted by Crippen LogP contribution is 2.35. The van der Waals surface area contributed by atoms with E-state index in [-0.39, 0.29) is 5.56 Å². The van der Waals surface area contributed by atoms with Crippen LogP contribution in [0.1, 0.15) is 18.2 Å². The molecule has 0 saturated heterocycles. The van der Waals surface area contributed by atoms with E-state index in [2.05, 4.69) is 4.98 Å². The smallest absolute Gasteiger partial charge is 0.317 e. The predicted octanol–water partition coefficient (Wildman–Crippen LogP) is 3.41. The van der Waals surface area contributed by atoms with E-state index in [4.69, 9.17) is 4.42 Å². The van der Waals surface area contributed by atoms with Crippen LogP contribution in [0.25, 0.3) is 34.0 Å². The van der Waals surface area contributed by atoms with Crippen molar-refractivity contribution < 1.29 is 14.3 Å². The van der Waals surface area contributed by atoms with Crippen LogP contribution in [0.15, 0.2) is 45.6 Å². The highest BCUT2D eigenvalue weighted by Gasteiger charge is 2.29. The molecule has 0 radical (unpaired) electrons. The molecular weight excluding hydrogens is 294 g/mol. The van der Waals surface area contributed by atoms with E-state index in [9.17, 15) is 14.7 Å². The molecule has 1 unspecified atom stereocenters. The van der Waals surface area contributed by atoms with E-state index < -0.39 is 11.4 Å². The van der Waals surface area contributed by atoms with Crippen molar-refractivity contribution in [3.63, 3.8) is 0 Å². The SMILES string of the molecule is CC1(C(=O)O)C=Cc2oc3c([nH]c(=O)c4ccccc43)c2C=C1. The minimum atomic E-state index is -1.11. The summed E-state index contributed by atoms with van der Waals surface area (Å²) in [5, 5.41) is 10.6. The van der Waals surface area contributed by atoms with Crippen LogP contribution < -0.4 is 5.56 Å². The first-order valence-electron chi connectivity index (χ1n) is 7.19. The summed E-state index contributed by atoms with van der Waals surface area (Å²) >= 11 is 0. The van der Waals surface area contributed by atoms with E-state index in [0.717, 1.165) is 5.39 Å². The van der Waals surface area contributed by atoms with Crippen LogP contribution in [0.4, 0.5) is 0 Å². The number of nitrogens with one attached hydrogen (secondary N) is 1. The van der Waals surface area contributed by atoms with Gasteiger partial charge in [0.2, 0.25) is 0 Å². The number of aromatic amines is 1. The molecule has 2 heterocycles. The lowest BCUT2D eigenvalue weighted by Crippen LogP contribution is -2.21. The molecule has 1 aliphatic rings. The molecule has 0 amide bonds. The number of carboxylic acids is 1. The third kappa shape index (κ3) is 1.86. The Kier molecular flexibility index (Phi) is 2.63. The monoisotopic (exact) mass is 307 g/mol. The number of hydrogen-bond donors (Lipinski definition) is 2. The van der Waals surface area contributed by atoms with Gasteiger partial charge in [-0.1, -0.05) is 36.4 Å². The first-order valence-corrected chi connectivity index (χ1v) is 7.19. The molecule has 1 aromatic carbocycles. The first kappa shape index (κ1) is 13.6. The summed E-state index contributed by atoms with van der Waals surface area (Å²) in [5.41, 5.74) is 0.562. The number of aromatic nitrogens is 1. The van der Waals surface area contributed by atoms with Gasteiger partial charge < -0.3 is 14.5 Å². The van der Waals surface area contributed by atoms with Gasteiger partial charge in [0.15, 0.2) is 5.58 Å². The molecule has 0 bridgehead atoms. The molecule has 5 nitrogen and oxygen atoms in total. The van der Waals surface area contributed by atoms with Gasteiger partial charge in [-0.15, -0.1) is 0 Å². The number of H-pyrrole nitrogens is 1. The molecule has 3 aromatic rings. The zero-order valence-corrected chi connectivity index (χ0v) is 12.3. The molecule has 1 aliphatic carbocycles. The van der Waals surface area contributed by atoms with Crippen LogP contribution in [0.2, 0.25) is 0 Å². The number of pyridine rings is 1. The number of aliphatic carboxylic acids is 1. The second-order valence-electron chi connectivity index (χ2n) is 5.84. The number of carbonyl (C=O) groups is 1. The molecule has 5 heteroatoms. The van der Waals surface area contributed by atoms with Crippen LogP contribution in [0.5, 0.6) is 0 Å². The number of rotatable bonds is 1. The van der Waals surface area contributed by atoms with Gasteiger partial charge in [0.1, 0.15) is 11.2 Å². The summed E-state index contributed by atoms with van der Waals surface area (Å²) in [6, 6.07) is 7.23. The Balaban J connectivity index is 2.07. The Labute approximate surface area is 130 Å². The van der Waals surface area contributed by atoms with Crippen LogP contribution in [0.3, 0.4) is 0 Å². The summed E-state index contributed by atoms with van der Waals surface area (Å²) in [6.07, 6.45) is 6.52. The quantitative estimate of drug-likeness (QED) is 0.721. The molecule has 4 rings (SSSR count). The predicted molar refractivity (Wildman–Crippen MR) is 88.2 cm³/mol. The maximum atomic E-state index is 12.3. The van der Waals surface area contributed by atoms with Crippen molar-refractivity contribution >= 4 is 40.0 Å². The Morgan fingerprint density at radius 1 is 1.17 bits per heavy atom. The molecule has 0 aliphatic heterocycles. The van der Waals surface area contributed by atoms with Gasteiger partial charge in [0.25, 0.3) is 5.56 Å². The Hall–Kier alpha value is -3.08. The van der Waals surface area contributed by atoms with Crippen LogP contribution >= 0.6 is 0 Å². The van der Waals surface area contributed by atoms with Gasteiger partial charge >= 0.3 is 5.97 Å². The van der Waals surface area contributed by atoms with E-state index in [1.807, 2.05) is 12.1 Å². The normalized spacial score (nSPS) is 19.9. The highest BCUT2D eigenvalue weighted by atomic mass is 16.4. The number of furan rings is 1. The standard InChI is InChI=1S/C18H13NO4/c1-18(17(21)22)8-6-12-13(7-9-18)23-15-10-4-2-3-5-11(10)16(20)19-14(12)15/h2-9H,1H3,(H,19,20)(H,21,22). The van der Waals surface area contributed by atoms with Crippen molar-refractivity contribution in [2.75, 3.05) is 0 Å². The molecular formula is C18H13NO4. The van der Waals surface area contributed by atoms with E-state index in [0.29, 0.717) is 27.8 Å². The zero-order valence-electron chi connectivity index (χ0n) is 12.3. The largest absolute Gasteiger partial charge is 0.480 e. The zero-order chi connectivity index (χ0) is 16.2. The highest BCUT2D eigenvalue weighted by molar-refractivity contribution is 6.06. The van der Waals surface area contributed by atoms with Crippen molar-refractivity contribution in [1.82, 2.24) is 4.98 Å². The van der Waals surface area contributed by atoms with Crippen LogP contribution in [-0.4, -0.2) is 16.1 Å². The van der Waals surface area contributed by atoms with Crippen LogP contribution in [-0.2, 0) is 4.79 Å². The fourth-order valence-corrected chi connectivity index (χ4v) is 2.83. The molecule has 0 spiro atoms. The molecule has 114 valence electrons. The van der Waals surface area contributed by atoms with Crippen molar-refractivity contribution in [2.24, 2.45) is 5.41 Å². The molecule has 0 saturated carbocycles. The summed E-state index contributed by atoms with van der Waals surface area (Å²) in [5.74, 6) is -0.411. The van der Waals surface area contributed by atoms with Crippen molar-refractivity contribution in [1.29, 1.82) is 0 Å². The Bertz CT molecular complexity index is 1080. The maximum Gasteiger partial charge on any atom is 0.317 e. The molecule has 23 heavy (non-hydrogen) atoms. The third-order valence-electron chi connectivity index (χ3n) is 4.27. The molecule has 0 fully saturated rings. The van der Waals surface area contributed by atoms with Crippen molar-refractivity contribution in [2.45, 2.75) is 6.92 Å². The second kappa shape index (κ2) is 4.46. The van der Waals surface area contributed by atoms with Crippen molar-refractivity contribution in [3.05, 3.63) is 58.1 Å². The van der Waals surface area contributed by atoms with Gasteiger partial charge in [0.05, 0.1) is 10.9 Å². The van der Waals surface area contributed by atoms with Crippen LogP contribution in [0, 0.1) is 5.41 Å². The van der Waals surface area contributed by atoms with Gasteiger partial charge in [0, 0.05) is 10.9 Å². The number of carboxylic acid groups (broad SMARTS) is 1. The average molecular weight is 307 g/mol. The average Bonchev–Trinajstić information content (AvgIpc) is 2.79. The van der Waals surface area contributed by atoms with Crippen molar-refractivity contribution in [3.8, 4) is 0 Å².